The van der Waals surface area contributed by atoms with Crippen molar-refractivity contribution in [1.29, 1.82) is 0 Å². The molecule has 0 saturated carbocycles. The van der Waals surface area contributed by atoms with Crippen LogP contribution >= 0.6 is 0 Å². The molecule has 0 radical (unpaired) electrons. The van der Waals surface area contributed by atoms with E-state index in [-0.39, 0.29) is 23.8 Å². The Bertz CT molecular complexity index is 1260. The van der Waals surface area contributed by atoms with Crippen LogP contribution < -0.4 is 37.9 Å². The summed E-state index contributed by atoms with van der Waals surface area (Å²) < 4.78 is 5.48. The van der Waals surface area contributed by atoms with E-state index in [2.05, 4.69) is 41.7 Å². The highest BCUT2D eigenvalue weighted by molar-refractivity contribution is 5.92. The van der Waals surface area contributed by atoms with Gasteiger partial charge in [-0.25, -0.2) is 4.79 Å². The Labute approximate surface area is 247 Å². The summed E-state index contributed by atoms with van der Waals surface area (Å²) in [5, 5.41) is 19.0. The van der Waals surface area contributed by atoms with E-state index in [1.165, 1.54) is 0 Å². The number of rotatable bonds is 16. The first-order valence-corrected chi connectivity index (χ1v) is 14.1. The van der Waals surface area contributed by atoms with Crippen molar-refractivity contribution in [2.24, 2.45) is 22.2 Å². The van der Waals surface area contributed by atoms with Crippen LogP contribution in [-0.4, -0.2) is 72.2 Å². The van der Waals surface area contributed by atoms with Crippen molar-refractivity contribution in [3.63, 3.8) is 0 Å². The first kappa shape index (κ1) is 34.1. The predicted octanol–water partition coefficient (Wildman–Crippen LogP) is 1.58. The number of hydrogen-bond acceptors (Lipinski definition) is 8. The van der Waals surface area contributed by atoms with Crippen LogP contribution in [0, 0.1) is 0 Å². The predicted molar refractivity (Wildman–Crippen MR) is 164 cm³/mol. The van der Waals surface area contributed by atoms with Gasteiger partial charge in [-0.05, 0) is 44.7 Å². The fourth-order valence-electron chi connectivity index (χ4n) is 4.21. The normalized spacial score (nSPS) is 13.5. The third kappa shape index (κ3) is 11.0. The number of carbonyl (C=O) groups excluding carboxylic acids is 2. The number of ether oxygens (including phenoxy) is 1. The average molecular weight is 587 g/mol. The number of benzene rings is 1. The molecule has 3 atom stereocenters. The monoisotopic (exact) mass is 586 g/mol. The van der Waals surface area contributed by atoms with E-state index >= 15 is 0 Å². The molecule has 2 aromatic rings. The van der Waals surface area contributed by atoms with Crippen molar-refractivity contribution in [2.45, 2.75) is 83.3 Å². The van der Waals surface area contributed by atoms with Crippen LogP contribution in [-0.2, 0) is 19.8 Å². The summed E-state index contributed by atoms with van der Waals surface area (Å²) in [6.45, 7) is 9.05. The topological polar surface area (TPSA) is 220 Å². The van der Waals surface area contributed by atoms with Gasteiger partial charge in [-0.2, -0.15) is 0 Å². The van der Waals surface area contributed by atoms with Gasteiger partial charge in [0.2, 0.25) is 11.8 Å². The molecule has 232 valence electrons. The number of anilines is 1. The van der Waals surface area contributed by atoms with E-state index in [4.69, 9.17) is 26.9 Å². The van der Waals surface area contributed by atoms with Crippen LogP contribution in [0.25, 0.3) is 10.9 Å². The lowest BCUT2D eigenvalue weighted by molar-refractivity contribution is -0.143. The summed E-state index contributed by atoms with van der Waals surface area (Å²) >= 11 is 0. The highest BCUT2D eigenvalue weighted by atomic mass is 16.5. The number of aromatic nitrogens is 1. The van der Waals surface area contributed by atoms with Crippen molar-refractivity contribution >= 4 is 40.3 Å². The smallest absolute Gasteiger partial charge is 0.326 e. The molecule has 2 amide bonds. The molecule has 1 aromatic carbocycles. The van der Waals surface area contributed by atoms with Crippen LogP contribution in [0.5, 0.6) is 5.75 Å². The van der Waals surface area contributed by atoms with Crippen LogP contribution in [0.1, 0.15) is 65.5 Å². The third-order valence-corrected chi connectivity index (χ3v) is 6.62. The average Bonchev–Trinajstić information content (AvgIpc) is 2.91. The first-order chi connectivity index (χ1) is 19.7. The van der Waals surface area contributed by atoms with Crippen molar-refractivity contribution in [3.05, 3.63) is 30.0 Å². The Morgan fingerprint density at radius 3 is 2.45 bits per heavy atom. The molecule has 42 heavy (non-hydrogen) atoms. The van der Waals surface area contributed by atoms with Gasteiger partial charge < -0.3 is 43.0 Å². The summed E-state index contributed by atoms with van der Waals surface area (Å²) in [7, 11) is 1.62. The minimum atomic E-state index is -1.39. The maximum Gasteiger partial charge on any atom is 0.326 e. The molecule has 0 saturated heterocycles. The second-order valence-corrected chi connectivity index (χ2v) is 11.4. The molecule has 1 unspecified atom stereocenters. The number of nitrogens with zero attached hydrogens (tertiary/aromatic N) is 2. The maximum atomic E-state index is 12.4. The van der Waals surface area contributed by atoms with Gasteiger partial charge in [0.1, 0.15) is 11.8 Å². The van der Waals surface area contributed by atoms with Crippen LogP contribution in [0.2, 0.25) is 0 Å². The van der Waals surface area contributed by atoms with Gasteiger partial charge in [0, 0.05) is 41.7 Å². The molecule has 1 heterocycles. The highest BCUT2D eigenvalue weighted by Crippen LogP contribution is 2.31. The number of aliphatic carboxylic acids is 1. The SMILES string of the molecule is COc1cc(NC(C)CCCNC(=O)C[C@@H](NC(=O)[C@H](N)CCCN=C(N)N)C(=O)O)c2nc(C(C)(C)C)ccc2c1. The number of methoxy groups -OCH3 is 1. The van der Waals surface area contributed by atoms with Gasteiger partial charge in [-0.3, -0.25) is 19.6 Å². The lowest BCUT2D eigenvalue weighted by Gasteiger charge is -2.21. The zero-order valence-corrected chi connectivity index (χ0v) is 25.2. The molecule has 13 nitrogen and oxygen atoms in total. The molecule has 0 bridgehead atoms. The number of fused-ring (bicyclic) bond motifs is 1. The molecule has 0 fully saturated rings. The quantitative estimate of drug-likeness (QED) is 0.0855. The summed E-state index contributed by atoms with van der Waals surface area (Å²) in [4.78, 5) is 45.1. The number of guanidine groups is 1. The molecule has 0 aliphatic heterocycles. The van der Waals surface area contributed by atoms with E-state index in [9.17, 15) is 19.5 Å². The Hall–Kier alpha value is -4.13. The molecule has 10 N–H and O–H groups in total. The number of pyridine rings is 1. The van der Waals surface area contributed by atoms with Crippen molar-refractivity contribution in [3.8, 4) is 5.75 Å². The summed E-state index contributed by atoms with van der Waals surface area (Å²) in [6.07, 6.45) is 1.67. The fourth-order valence-corrected chi connectivity index (χ4v) is 4.21. The van der Waals surface area contributed by atoms with Crippen molar-refractivity contribution < 1.29 is 24.2 Å². The van der Waals surface area contributed by atoms with Gasteiger partial charge >= 0.3 is 5.97 Å². The molecule has 13 heteroatoms. The minimum absolute atomic E-state index is 0.0526. The van der Waals surface area contributed by atoms with E-state index in [1.807, 2.05) is 31.2 Å². The largest absolute Gasteiger partial charge is 0.497 e. The van der Waals surface area contributed by atoms with Gasteiger partial charge in [0.05, 0.1) is 30.8 Å². The van der Waals surface area contributed by atoms with Crippen LogP contribution in [0.3, 0.4) is 0 Å². The third-order valence-electron chi connectivity index (χ3n) is 6.62. The molecule has 2 rings (SSSR count). The van der Waals surface area contributed by atoms with Crippen molar-refractivity contribution in [1.82, 2.24) is 15.6 Å². The Kier molecular flexibility index (Phi) is 12.8. The molecular weight excluding hydrogens is 540 g/mol. The lowest BCUT2D eigenvalue weighted by Crippen LogP contribution is -2.50. The molecule has 0 aliphatic rings. The van der Waals surface area contributed by atoms with E-state index in [0.717, 1.165) is 34.5 Å². The van der Waals surface area contributed by atoms with Gasteiger partial charge in [0.15, 0.2) is 5.96 Å². The molecule has 0 spiro atoms. The number of hydrogen-bond donors (Lipinski definition) is 7. The second-order valence-electron chi connectivity index (χ2n) is 11.4. The zero-order chi connectivity index (χ0) is 31.4. The standard InChI is InChI=1S/C29H46N8O5/c1-17(35-21-15-19(42-5)14-18-10-11-23(29(2,3)4)37-25(18)21)8-6-12-33-24(38)16-22(27(40)41)36-26(39)20(30)9-7-13-34-28(31)32/h10-11,14-15,17,20,22,35H,6-9,12-13,16,30H2,1-5H3,(H,33,38)(H,36,39)(H,40,41)(H4,31,32,34)/t17?,20-,22-/m1/s1. The number of aliphatic imine (C=N–C) groups is 1. The number of nitrogens with one attached hydrogen (secondary N) is 3. The second kappa shape index (κ2) is 15.8. The molecule has 1 aromatic heterocycles. The van der Waals surface area contributed by atoms with Gasteiger partial charge in [-0.15, -0.1) is 0 Å². The molecule has 0 aliphatic carbocycles. The van der Waals surface area contributed by atoms with Crippen molar-refractivity contribution in [2.75, 3.05) is 25.5 Å². The van der Waals surface area contributed by atoms with E-state index in [1.54, 1.807) is 7.11 Å². The Morgan fingerprint density at radius 2 is 1.83 bits per heavy atom. The Morgan fingerprint density at radius 1 is 1.12 bits per heavy atom. The number of nitrogens with two attached hydrogens (primary N) is 3. The van der Waals surface area contributed by atoms with E-state index < -0.39 is 36.3 Å². The fraction of sp³-hybridized carbons (Fsp3) is 0.552. The number of carbonyl (C=O) groups is 3. The molecular formula is C29H46N8O5. The van der Waals surface area contributed by atoms with Gasteiger partial charge in [0.25, 0.3) is 0 Å². The summed E-state index contributed by atoms with van der Waals surface area (Å²) in [5.74, 6) is -1.80. The van der Waals surface area contributed by atoms with Crippen LogP contribution in [0.4, 0.5) is 5.69 Å². The van der Waals surface area contributed by atoms with Gasteiger partial charge in [-0.1, -0.05) is 26.8 Å². The summed E-state index contributed by atoms with van der Waals surface area (Å²) in [5.41, 5.74) is 19.0. The first-order valence-electron chi connectivity index (χ1n) is 14.1. The lowest BCUT2D eigenvalue weighted by atomic mass is 9.91. The minimum Gasteiger partial charge on any atom is -0.497 e. The van der Waals surface area contributed by atoms with Crippen LogP contribution in [0.15, 0.2) is 29.3 Å². The maximum absolute atomic E-state index is 12.4. The number of amides is 2. The number of carboxylic acids is 1. The summed E-state index contributed by atoms with van der Waals surface area (Å²) in [6, 6.07) is 5.67. The zero-order valence-electron chi connectivity index (χ0n) is 25.2. The number of carboxylic acid groups (broad SMARTS) is 1. The highest BCUT2D eigenvalue weighted by Gasteiger charge is 2.25. The van der Waals surface area contributed by atoms with E-state index in [0.29, 0.717) is 25.9 Å². The Balaban J connectivity index is 1.87.